The molecule has 1 aliphatic heterocycles. The molecule has 1 aliphatic rings. The molecule has 0 saturated carbocycles. The molecule has 11 heteroatoms. The number of nitrogens with one attached hydrogen (secondary N) is 1. The average Bonchev–Trinajstić information content (AvgIpc) is 2.79. The molecule has 0 amide bonds. The van der Waals surface area contributed by atoms with E-state index >= 15 is 0 Å². The van der Waals surface area contributed by atoms with Crippen molar-refractivity contribution in [3.8, 4) is 0 Å². The van der Waals surface area contributed by atoms with E-state index in [1.807, 2.05) is 0 Å². The molecule has 0 fully saturated rings. The lowest BCUT2D eigenvalue weighted by molar-refractivity contribution is -0.127. The van der Waals surface area contributed by atoms with E-state index in [1.54, 1.807) is 0 Å². The molecule has 9 nitrogen and oxygen atoms in total. The molecule has 2 heterocycles. The Labute approximate surface area is 120 Å². The number of hydrogen-bond acceptors (Lipinski definition) is 5. The maximum absolute atomic E-state index is 11.6. The normalized spacial score (nSPS) is 22.4. The second kappa shape index (κ2) is 5.76. The largest absolute Gasteiger partial charge is 0.351 e. The molecule has 2 rings (SSSR count). The average molecular weight is 369 g/mol. The fraction of sp³-hybridized carbons (Fsp3) is 0.333. The van der Waals surface area contributed by atoms with Gasteiger partial charge < -0.3 is 19.3 Å². The van der Waals surface area contributed by atoms with Crippen molar-refractivity contribution in [2.75, 3.05) is 6.35 Å². The lowest BCUT2D eigenvalue weighted by atomic mass is 10.5. The summed E-state index contributed by atoms with van der Waals surface area (Å²) in [6.07, 6.45) is 1.52. The number of rotatable bonds is 4. The summed E-state index contributed by atoms with van der Waals surface area (Å²) in [6.45, 7) is 0. The summed E-state index contributed by atoms with van der Waals surface area (Å²) in [5.74, 6) is 0. The number of hydrogen-bond donors (Lipinski definition) is 3. The van der Waals surface area contributed by atoms with E-state index in [9.17, 15) is 14.2 Å². The van der Waals surface area contributed by atoms with Gasteiger partial charge in [-0.15, -0.1) is 0 Å². The first-order chi connectivity index (χ1) is 9.26. The Hall–Kier alpha value is -1.03. The van der Waals surface area contributed by atoms with Crippen molar-refractivity contribution in [1.82, 2.24) is 9.55 Å². The van der Waals surface area contributed by atoms with Crippen LogP contribution in [0.1, 0.15) is 6.23 Å². The van der Waals surface area contributed by atoms with Crippen LogP contribution in [-0.4, -0.2) is 32.0 Å². The summed E-state index contributed by atoms with van der Waals surface area (Å²) in [7, 11) is -4.29. The maximum atomic E-state index is 11.6. The molecular formula is C9H10BrN2O7P. The number of halogens is 1. The molecule has 20 heavy (non-hydrogen) atoms. The van der Waals surface area contributed by atoms with E-state index in [0.29, 0.717) is 0 Å². The number of H-pyrrole nitrogens is 1. The minimum Gasteiger partial charge on any atom is -0.336 e. The topological polar surface area (TPSA) is 131 Å². The molecule has 0 radical (unpaired) electrons. The Bertz CT molecular complexity index is 690. The van der Waals surface area contributed by atoms with Crippen molar-refractivity contribution in [2.45, 2.75) is 12.5 Å². The van der Waals surface area contributed by atoms with Crippen LogP contribution < -0.4 is 11.2 Å². The zero-order valence-electron chi connectivity index (χ0n) is 9.80. The molecule has 110 valence electrons. The van der Waals surface area contributed by atoms with Crippen LogP contribution in [0.25, 0.3) is 0 Å². The summed E-state index contributed by atoms with van der Waals surface area (Å²) in [4.78, 5) is 42.2. The Morgan fingerprint density at radius 2 is 2.15 bits per heavy atom. The molecule has 3 N–H and O–H groups in total. The Morgan fingerprint density at radius 3 is 2.80 bits per heavy atom. The van der Waals surface area contributed by atoms with Crippen LogP contribution >= 0.6 is 23.5 Å². The van der Waals surface area contributed by atoms with Gasteiger partial charge >= 0.3 is 13.3 Å². The number of aromatic amines is 1. The van der Waals surface area contributed by atoms with Gasteiger partial charge in [0.2, 0.25) is 0 Å². The van der Waals surface area contributed by atoms with Crippen molar-refractivity contribution < 1.29 is 23.8 Å². The third-order valence-corrected chi connectivity index (χ3v) is 3.36. The van der Waals surface area contributed by atoms with Crippen LogP contribution in [0.2, 0.25) is 0 Å². The summed E-state index contributed by atoms with van der Waals surface area (Å²) in [5, 5.41) is 0. The minimum atomic E-state index is -4.29. The molecule has 2 atom stereocenters. The molecule has 1 aromatic rings. The highest BCUT2D eigenvalue weighted by molar-refractivity contribution is 9.10. The van der Waals surface area contributed by atoms with Crippen LogP contribution in [0, 0.1) is 0 Å². The van der Waals surface area contributed by atoms with Crippen LogP contribution in [-0.2, 0) is 14.0 Å². The van der Waals surface area contributed by atoms with Gasteiger partial charge in [-0.05, 0) is 28.1 Å². The maximum Gasteiger partial charge on any atom is 0.351 e. The number of aromatic nitrogens is 2. The first-order valence-electron chi connectivity index (χ1n) is 5.27. The quantitative estimate of drug-likeness (QED) is 0.497. The van der Waals surface area contributed by atoms with E-state index < -0.39 is 37.7 Å². The molecule has 0 bridgehead atoms. The van der Waals surface area contributed by atoms with Gasteiger partial charge in [-0.2, -0.15) is 0 Å². The lowest BCUT2D eigenvalue weighted by Crippen LogP contribution is -2.32. The highest BCUT2D eigenvalue weighted by Crippen LogP contribution is 2.35. The first-order valence-corrected chi connectivity index (χ1v) is 7.86. The van der Waals surface area contributed by atoms with Crippen molar-refractivity contribution in [2.24, 2.45) is 0 Å². The number of nitrogens with zero attached hydrogens (tertiary/aromatic N) is 1. The van der Waals surface area contributed by atoms with E-state index in [1.165, 1.54) is 18.3 Å². The highest BCUT2D eigenvalue weighted by atomic mass is 79.9. The Kier molecular flexibility index (Phi) is 4.43. The van der Waals surface area contributed by atoms with Crippen LogP contribution in [0.3, 0.4) is 0 Å². The molecule has 0 aliphatic carbocycles. The SMILES string of the molecule is O=c1[nH]c(=O)n([C@H]2C=C[C@@H](OCP(=O)(O)O)O2)cc1Br. The van der Waals surface area contributed by atoms with E-state index in [-0.39, 0.29) is 4.47 Å². The molecule has 0 spiro atoms. The molecular weight excluding hydrogens is 359 g/mol. The van der Waals surface area contributed by atoms with Crippen molar-refractivity contribution in [1.29, 1.82) is 0 Å². The van der Waals surface area contributed by atoms with Crippen LogP contribution in [0.4, 0.5) is 0 Å². The molecule has 0 unspecified atom stereocenters. The Morgan fingerprint density at radius 1 is 1.45 bits per heavy atom. The van der Waals surface area contributed by atoms with E-state index in [0.717, 1.165) is 4.57 Å². The van der Waals surface area contributed by atoms with Gasteiger partial charge in [0.1, 0.15) is 0 Å². The van der Waals surface area contributed by atoms with Gasteiger partial charge in [-0.3, -0.25) is 18.9 Å². The van der Waals surface area contributed by atoms with Crippen LogP contribution in [0.15, 0.2) is 32.4 Å². The number of ether oxygens (including phenoxy) is 2. The smallest absolute Gasteiger partial charge is 0.336 e. The van der Waals surface area contributed by atoms with E-state index in [4.69, 9.17) is 19.3 Å². The summed E-state index contributed by atoms with van der Waals surface area (Å²) >= 11 is 2.98. The summed E-state index contributed by atoms with van der Waals surface area (Å²) < 4.78 is 22.0. The highest BCUT2D eigenvalue weighted by Gasteiger charge is 2.25. The fourth-order valence-corrected chi connectivity index (χ4v) is 2.15. The first kappa shape index (κ1) is 15.4. The third kappa shape index (κ3) is 3.75. The van der Waals surface area contributed by atoms with E-state index in [2.05, 4.69) is 20.9 Å². The minimum absolute atomic E-state index is 0.147. The summed E-state index contributed by atoms with van der Waals surface area (Å²) in [6, 6.07) is 0. The van der Waals surface area contributed by atoms with Gasteiger partial charge in [0.05, 0.1) is 4.47 Å². The molecule has 0 aromatic carbocycles. The monoisotopic (exact) mass is 368 g/mol. The zero-order valence-corrected chi connectivity index (χ0v) is 12.3. The molecule has 0 saturated heterocycles. The van der Waals surface area contributed by atoms with Crippen molar-refractivity contribution in [3.05, 3.63) is 43.7 Å². The van der Waals surface area contributed by atoms with Gasteiger partial charge in [0.25, 0.3) is 5.56 Å². The predicted molar refractivity (Wildman–Crippen MR) is 70.1 cm³/mol. The standard InChI is InChI=1S/C9H10BrN2O7P/c10-5-3-12(9(14)11-8(5)13)6-1-2-7(19-6)18-4-20(15,16)17/h1-3,6-7H,4H2,(H,11,13,14)(H2,15,16,17)/t6-,7+/m1/s1. The van der Waals surface area contributed by atoms with Crippen molar-refractivity contribution in [3.63, 3.8) is 0 Å². The second-order valence-electron chi connectivity index (χ2n) is 3.88. The van der Waals surface area contributed by atoms with Crippen molar-refractivity contribution >= 4 is 23.5 Å². The lowest BCUT2D eigenvalue weighted by Gasteiger charge is -2.16. The fourth-order valence-electron chi connectivity index (χ4n) is 1.49. The van der Waals surface area contributed by atoms with Gasteiger partial charge in [0, 0.05) is 6.20 Å². The Balaban J connectivity index is 2.09. The molecule has 1 aromatic heterocycles. The van der Waals surface area contributed by atoms with Gasteiger partial charge in [-0.25, -0.2) is 4.79 Å². The van der Waals surface area contributed by atoms with Gasteiger partial charge in [-0.1, -0.05) is 0 Å². The zero-order chi connectivity index (χ0) is 14.9. The van der Waals surface area contributed by atoms with Gasteiger partial charge in [0.15, 0.2) is 18.9 Å². The predicted octanol–water partition coefficient (Wildman–Crippen LogP) is -0.138. The van der Waals surface area contributed by atoms with Crippen LogP contribution in [0.5, 0.6) is 0 Å². The third-order valence-electron chi connectivity index (χ3n) is 2.31. The second-order valence-corrected chi connectivity index (χ2v) is 6.33. The summed E-state index contributed by atoms with van der Waals surface area (Å²) in [5.41, 5.74) is -1.24.